The van der Waals surface area contributed by atoms with E-state index in [1.165, 1.54) is 0 Å². The average molecular weight is 377 g/mol. The van der Waals surface area contributed by atoms with E-state index in [-0.39, 0.29) is 23.3 Å². The van der Waals surface area contributed by atoms with Gasteiger partial charge < -0.3 is 15.1 Å². The number of aryl methyl sites for hydroxylation is 1. The molecule has 1 aliphatic heterocycles. The Morgan fingerprint density at radius 3 is 2.46 bits per heavy atom. The molecule has 0 radical (unpaired) electrons. The van der Waals surface area contributed by atoms with Crippen LogP contribution in [0.3, 0.4) is 0 Å². The maximum atomic E-state index is 13.1. The van der Waals surface area contributed by atoms with Crippen LogP contribution in [0.15, 0.2) is 48.7 Å². The molecular formula is C21H23N5O2. The minimum absolute atomic E-state index is 0.149. The highest BCUT2D eigenvalue weighted by molar-refractivity contribution is 6.09. The number of hydrogen-bond acceptors (Lipinski definition) is 4. The van der Waals surface area contributed by atoms with Gasteiger partial charge in [-0.2, -0.15) is 0 Å². The van der Waals surface area contributed by atoms with E-state index in [4.69, 9.17) is 0 Å². The Bertz CT molecular complexity index is 1030. The normalized spacial score (nSPS) is 15.0. The lowest BCUT2D eigenvalue weighted by Crippen LogP contribution is -2.47. The number of amides is 2. The largest absolute Gasteiger partial charge is 0.333 e. The average Bonchev–Trinajstić information content (AvgIpc) is 3.10. The van der Waals surface area contributed by atoms with Crippen molar-refractivity contribution in [2.75, 3.05) is 38.5 Å². The van der Waals surface area contributed by atoms with Crippen LogP contribution in [-0.4, -0.2) is 64.2 Å². The summed E-state index contributed by atoms with van der Waals surface area (Å²) >= 11 is 0. The Balaban J connectivity index is 1.67. The third kappa shape index (κ3) is 3.36. The molecule has 3 aromatic rings. The van der Waals surface area contributed by atoms with E-state index in [0.29, 0.717) is 18.6 Å². The number of anilines is 1. The molecule has 0 bridgehead atoms. The van der Waals surface area contributed by atoms with E-state index in [2.05, 4.69) is 15.2 Å². The van der Waals surface area contributed by atoms with Crippen molar-refractivity contribution in [1.82, 2.24) is 19.2 Å². The monoisotopic (exact) mass is 377 g/mol. The molecule has 0 unspecified atom stereocenters. The first-order valence-electron chi connectivity index (χ1n) is 9.36. The van der Waals surface area contributed by atoms with Crippen molar-refractivity contribution < 1.29 is 9.59 Å². The number of benzene rings is 1. The number of aromatic nitrogens is 2. The van der Waals surface area contributed by atoms with Crippen LogP contribution < -0.4 is 5.32 Å². The number of hydrogen-bond donors (Lipinski definition) is 1. The van der Waals surface area contributed by atoms with E-state index in [9.17, 15) is 9.59 Å². The molecule has 1 N–H and O–H groups in total. The number of para-hydroxylation sites is 1. The molecule has 0 atom stereocenters. The molecule has 0 saturated carbocycles. The Labute approximate surface area is 163 Å². The summed E-state index contributed by atoms with van der Waals surface area (Å²) in [5.74, 6) is -0.199. The molecule has 0 spiro atoms. The molecule has 2 amide bonds. The fourth-order valence-corrected chi connectivity index (χ4v) is 3.40. The zero-order chi connectivity index (χ0) is 19.7. The molecule has 2 aromatic heterocycles. The smallest absolute Gasteiger partial charge is 0.290 e. The van der Waals surface area contributed by atoms with Crippen LogP contribution in [0.5, 0.6) is 0 Å². The number of rotatable bonds is 3. The number of carbonyl (C=O) groups is 2. The van der Waals surface area contributed by atoms with Crippen LogP contribution in [0.4, 0.5) is 5.69 Å². The van der Waals surface area contributed by atoms with Crippen LogP contribution >= 0.6 is 0 Å². The number of nitrogens with one attached hydrogen (secondary N) is 1. The van der Waals surface area contributed by atoms with Crippen LogP contribution in [0, 0.1) is 6.92 Å². The second-order valence-corrected chi connectivity index (χ2v) is 7.10. The van der Waals surface area contributed by atoms with Gasteiger partial charge in [0.1, 0.15) is 0 Å². The van der Waals surface area contributed by atoms with Crippen LogP contribution in [0.1, 0.15) is 26.7 Å². The van der Waals surface area contributed by atoms with Crippen molar-refractivity contribution in [2.45, 2.75) is 6.92 Å². The molecule has 1 saturated heterocycles. The second-order valence-electron chi connectivity index (χ2n) is 7.10. The molecule has 1 fully saturated rings. The van der Waals surface area contributed by atoms with Gasteiger partial charge in [-0.05, 0) is 37.7 Å². The van der Waals surface area contributed by atoms with Crippen molar-refractivity contribution >= 4 is 23.0 Å². The lowest BCUT2D eigenvalue weighted by Gasteiger charge is -2.31. The van der Waals surface area contributed by atoms with E-state index in [1.54, 1.807) is 21.6 Å². The van der Waals surface area contributed by atoms with Gasteiger partial charge in [-0.3, -0.25) is 14.0 Å². The molecule has 0 aliphatic carbocycles. The Hall–Kier alpha value is -3.19. The highest BCUT2D eigenvalue weighted by Crippen LogP contribution is 2.19. The van der Waals surface area contributed by atoms with Crippen LogP contribution in [0.25, 0.3) is 5.52 Å². The van der Waals surface area contributed by atoms with Gasteiger partial charge in [0.25, 0.3) is 11.8 Å². The lowest BCUT2D eigenvalue weighted by atomic mass is 10.2. The minimum atomic E-state index is -0.324. The van der Waals surface area contributed by atoms with Crippen molar-refractivity contribution in [3.8, 4) is 0 Å². The topological polar surface area (TPSA) is 70.0 Å². The molecule has 4 rings (SSSR count). The molecule has 1 aromatic carbocycles. The predicted octanol–water partition coefficient (Wildman–Crippen LogP) is 2.28. The highest BCUT2D eigenvalue weighted by atomic mass is 16.2. The van der Waals surface area contributed by atoms with Gasteiger partial charge in [-0.15, -0.1) is 0 Å². The Morgan fingerprint density at radius 1 is 1.00 bits per heavy atom. The van der Waals surface area contributed by atoms with Crippen LogP contribution in [-0.2, 0) is 0 Å². The summed E-state index contributed by atoms with van der Waals surface area (Å²) in [7, 11) is 2.04. The summed E-state index contributed by atoms with van der Waals surface area (Å²) in [6.45, 7) is 4.90. The summed E-state index contributed by atoms with van der Waals surface area (Å²) < 4.78 is 1.70. The number of pyridine rings is 1. The van der Waals surface area contributed by atoms with Gasteiger partial charge in [0.05, 0.1) is 5.52 Å². The molecule has 28 heavy (non-hydrogen) atoms. The van der Waals surface area contributed by atoms with Gasteiger partial charge in [0.2, 0.25) is 5.82 Å². The van der Waals surface area contributed by atoms with E-state index < -0.39 is 0 Å². The number of likely N-dealkylation sites (N-methyl/N-ethyl adjacent to an activating group) is 1. The van der Waals surface area contributed by atoms with Crippen molar-refractivity contribution in [2.24, 2.45) is 0 Å². The van der Waals surface area contributed by atoms with Gasteiger partial charge >= 0.3 is 0 Å². The summed E-state index contributed by atoms with van der Waals surface area (Å²) in [5, 5.41) is 2.91. The first kappa shape index (κ1) is 18.2. The standard InChI is InChI=1S/C21H23N5O2/c1-15-7-3-4-8-16(15)22-20(27)18-17-9-5-6-10-26(17)19(23-18)21(28)25-13-11-24(2)12-14-25/h3-10H,11-14H2,1-2H3,(H,22,27). The fourth-order valence-electron chi connectivity index (χ4n) is 3.40. The fraction of sp³-hybridized carbons (Fsp3) is 0.286. The number of nitrogens with zero attached hydrogens (tertiary/aromatic N) is 4. The Kier molecular flexibility index (Phi) is 4.83. The maximum absolute atomic E-state index is 13.1. The van der Waals surface area contributed by atoms with E-state index in [1.807, 2.05) is 50.4 Å². The zero-order valence-corrected chi connectivity index (χ0v) is 16.1. The first-order chi connectivity index (χ1) is 13.5. The molecule has 144 valence electrons. The van der Waals surface area contributed by atoms with Gasteiger partial charge in [0.15, 0.2) is 5.69 Å². The summed E-state index contributed by atoms with van der Waals surface area (Å²) in [6, 6.07) is 13.1. The second kappa shape index (κ2) is 7.44. The summed E-state index contributed by atoms with van der Waals surface area (Å²) in [6.07, 6.45) is 1.77. The van der Waals surface area contributed by atoms with Crippen molar-refractivity contribution in [3.05, 3.63) is 65.7 Å². The molecular weight excluding hydrogens is 354 g/mol. The molecule has 7 nitrogen and oxygen atoms in total. The quantitative estimate of drug-likeness (QED) is 0.760. The van der Waals surface area contributed by atoms with Gasteiger partial charge in [0, 0.05) is 38.1 Å². The lowest BCUT2D eigenvalue weighted by molar-refractivity contribution is 0.0651. The van der Waals surface area contributed by atoms with Gasteiger partial charge in [-0.1, -0.05) is 24.3 Å². The number of imidazole rings is 1. The van der Waals surface area contributed by atoms with Crippen molar-refractivity contribution in [1.29, 1.82) is 0 Å². The first-order valence-corrected chi connectivity index (χ1v) is 9.36. The molecule has 3 heterocycles. The highest BCUT2D eigenvalue weighted by Gasteiger charge is 2.27. The Morgan fingerprint density at radius 2 is 1.71 bits per heavy atom. The van der Waals surface area contributed by atoms with Crippen molar-refractivity contribution in [3.63, 3.8) is 0 Å². The maximum Gasteiger partial charge on any atom is 0.290 e. The van der Waals surface area contributed by atoms with Gasteiger partial charge in [-0.25, -0.2) is 4.98 Å². The third-order valence-electron chi connectivity index (χ3n) is 5.14. The number of piperazine rings is 1. The zero-order valence-electron chi connectivity index (χ0n) is 16.1. The SMILES string of the molecule is Cc1ccccc1NC(=O)c1nc(C(=O)N2CCN(C)CC2)n2ccccc12. The summed E-state index contributed by atoms with van der Waals surface area (Å²) in [5.41, 5.74) is 2.57. The molecule has 1 aliphatic rings. The minimum Gasteiger partial charge on any atom is -0.333 e. The van der Waals surface area contributed by atoms with Crippen LogP contribution in [0.2, 0.25) is 0 Å². The number of carbonyl (C=O) groups excluding carboxylic acids is 2. The van der Waals surface area contributed by atoms with E-state index in [0.717, 1.165) is 24.3 Å². The molecule has 7 heteroatoms. The third-order valence-corrected chi connectivity index (χ3v) is 5.14. The predicted molar refractivity (Wildman–Crippen MR) is 108 cm³/mol. The van der Waals surface area contributed by atoms with E-state index >= 15 is 0 Å². The number of fused-ring (bicyclic) bond motifs is 1. The summed E-state index contributed by atoms with van der Waals surface area (Å²) in [4.78, 5) is 34.4.